The van der Waals surface area contributed by atoms with Crippen molar-refractivity contribution in [1.82, 2.24) is 10.3 Å². The molecule has 18 heavy (non-hydrogen) atoms. The van der Waals surface area contributed by atoms with Crippen molar-refractivity contribution in [2.45, 2.75) is 6.04 Å². The van der Waals surface area contributed by atoms with E-state index in [0.717, 1.165) is 0 Å². The quantitative estimate of drug-likeness (QED) is 0.746. The Kier molecular flexibility index (Phi) is 2.73. The Bertz CT molecular complexity index is 637. The first-order valence-corrected chi connectivity index (χ1v) is 5.72. The second-order valence-electron chi connectivity index (χ2n) is 4.17. The average Bonchev–Trinajstić information content (AvgIpc) is 2.78. The molecule has 6 heteroatoms. The molecular formula is C12H12N2O4. The van der Waals surface area contributed by atoms with Gasteiger partial charge in [0.15, 0.2) is 11.4 Å². The Labute approximate surface area is 102 Å². The van der Waals surface area contributed by atoms with E-state index in [1.807, 2.05) is 0 Å². The molecule has 0 radical (unpaired) electrons. The minimum atomic E-state index is -0.520. The van der Waals surface area contributed by atoms with E-state index in [-0.39, 0.29) is 11.8 Å². The van der Waals surface area contributed by atoms with Crippen LogP contribution >= 0.6 is 0 Å². The van der Waals surface area contributed by atoms with Gasteiger partial charge in [-0.2, -0.15) is 0 Å². The van der Waals surface area contributed by atoms with Crippen molar-refractivity contribution in [2.24, 2.45) is 0 Å². The zero-order valence-corrected chi connectivity index (χ0v) is 9.56. The van der Waals surface area contributed by atoms with E-state index in [1.54, 1.807) is 18.2 Å². The minimum absolute atomic E-state index is 0.0429. The lowest BCUT2D eigenvalue weighted by Gasteiger charge is -2.22. The molecule has 2 heterocycles. The number of carbonyl (C=O) groups excluding carboxylic acids is 1. The molecule has 1 saturated heterocycles. The van der Waals surface area contributed by atoms with Gasteiger partial charge in [0.2, 0.25) is 0 Å². The number of ether oxygens (including phenoxy) is 1. The van der Waals surface area contributed by atoms with Crippen molar-refractivity contribution in [3.8, 4) is 0 Å². The number of carbonyl (C=O) groups is 1. The summed E-state index contributed by atoms with van der Waals surface area (Å²) < 4.78 is 10.1. The fraction of sp³-hybridized carbons (Fsp3) is 0.333. The number of H-pyrrole nitrogens is 1. The number of hydrogen-bond donors (Lipinski definition) is 2. The Balaban J connectivity index is 1.92. The molecule has 6 nitrogen and oxygen atoms in total. The molecule has 0 amide bonds. The lowest BCUT2D eigenvalue weighted by Crippen LogP contribution is -2.46. The minimum Gasteiger partial charge on any atom is -0.408 e. The summed E-state index contributed by atoms with van der Waals surface area (Å²) >= 11 is 0. The predicted molar refractivity (Wildman–Crippen MR) is 63.8 cm³/mol. The molecule has 1 fully saturated rings. The molecular weight excluding hydrogens is 236 g/mol. The highest BCUT2D eigenvalue weighted by molar-refractivity contribution is 6.02. The average molecular weight is 248 g/mol. The Morgan fingerprint density at radius 2 is 2.28 bits per heavy atom. The summed E-state index contributed by atoms with van der Waals surface area (Å²) in [6, 6.07) is 4.57. The first-order valence-electron chi connectivity index (χ1n) is 5.72. The number of Topliss-reactive ketones (excluding diaryl/α,β-unsaturated/α-hetero) is 1. The summed E-state index contributed by atoms with van der Waals surface area (Å²) in [5, 5.41) is 3.10. The van der Waals surface area contributed by atoms with Gasteiger partial charge in [-0.25, -0.2) is 4.79 Å². The van der Waals surface area contributed by atoms with Crippen molar-refractivity contribution in [2.75, 3.05) is 19.8 Å². The first kappa shape index (κ1) is 11.2. The Morgan fingerprint density at radius 1 is 1.39 bits per heavy atom. The van der Waals surface area contributed by atoms with Crippen LogP contribution in [0.2, 0.25) is 0 Å². The van der Waals surface area contributed by atoms with Crippen LogP contribution in [0.5, 0.6) is 0 Å². The Morgan fingerprint density at radius 3 is 3.06 bits per heavy atom. The molecule has 2 N–H and O–H groups in total. The van der Waals surface area contributed by atoms with Crippen molar-refractivity contribution in [3.63, 3.8) is 0 Å². The van der Waals surface area contributed by atoms with Crippen LogP contribution in [-0.4, -0.2) is 36.6 Å². The summed E-state index contributed by atoms with van der Waals surface area (Å²) in [7, 11) is 0. The third kappa shape index (κ3) is 1.96. The normalized spacial score (nSPS) is 20.1. The zero-order valence-electron chi connectivity index (χ0n) is 9.56. The van der Waals surface area contributed by atoms with Crippen molar-refractivity contribution >= 4 is 16.9 Å². The molecule has 0 spiro atoms. The van der Waals surface area contributed by atoms with Gasteiger partial charge in [-0.05, 0) is 18.2 Å². The van der Waals surface area contributed by atoms with E-state index >= 15 is 0 Å². The van der Waals surface area contributed by atoms with Crippen LogP contribution in [0.4, 0.5) is 0 Å². The van der Waals surface area contributed by atoms with Crippen LogP contribution in [-0.2, 0) is 4.74 Å². The monoisotopic (exact) mass is 248 g/mol. The standard InChI is InChI=1S/C12H12N2O4/c15-11(9-6-17-4-3-13-9)7-1-2-10-8(5-7)14-12(16)18-10/h1-2,5,9,13H,3-4,6H2,(H,14,16). The highest BCUT2D eigenvalue weighted by Gasteiger charge is 2.22. The van der Waals surface area contributed by atoms with E-state index < -0.39 is 5.76 Å². The van der Waals surface area contributed by atoms with Gasteiger partial charge in [0.1, 0.15) is 0 Å². The lowest BCUT2D eigenvalue weighted by molar-refractivity contribution is 0.0607. The Hall–Kier alpha value is -1.92. The number of ketones is 1. The SMILES string of the molecule is O=C(c1ccc2oc(=O)[nH]c2c1)C1COCCN1. The summed E-state index contributed by atoms with van der Waals surface area (Å²) in [6.45, 7) is 1.66. The van der Waals surface area contributed by atoms with E-state index in [1.165, 1.54) is 0 Å². The van der Waals surface area contributed by atoms with Crippen molar-refractivity contribution in [3.05, 3.63) is 34.3 Å². The van der Waals surface area contributed by atoms with Gasteiger partial charge in [-0.15, -0.1) is 0 Å². The first-order chi connectivity index (χ1) is 8.74. The number of nitrogens with one attached hydrogen (secondary N) is 2. The van der Waals surface area contributed by atoms with Crippen molar-refractivity contribution < 1.29 is 13.9 Å². The maximum Gasteiger partial charge on any atom is 0.417 e. The molecule has 2 aromatic rings. The van der Waals surface area contributed by atoms with Crippen LogP contribution in [0.25, 0.3) is 11.1 Å². The second-order valence-corrected chi connectivity index (χ2v) is 4.17. The number of rotatable bonds is 2. The van der Waals surface area contributed by atoms with E-state index in [4.69, 9.17) is 9.15 Å². The van der Waals surface area contributed by atoms with Gasteiger partial charge in [-0.3, -0.25) is 9.78 Å². The van der Waals surface area contributed by atoms with Gasteiger partial charge < -0.3 is 14.5 Å². The number of fused-ring (bicyclic) bond motifs is 1. The van der Waals surface area contributed by atoms with E-state index in [0.29, 0.717) is 36.4 Å². The maximum absolute atomic E-state index is 12.2. The van der Waals surface area contributed by atoms with E-state index in [2.05, 4.69) is 10.3 Å². The van der Waals surface area contributed by atoms with Crippen molar-refractivity contribution in [1.29, 1.82) is 0 Å². The van der Waals surface area contributed by atoms with Gasteiger partial charge in [0.25, 0.3) is 0 Å². The number of oxazole rings is 1. The molecule has 3 rings (SSSR count). The molecule has 1 aliphatic rings. The van der Waals surface area contributed by atoms with Gasteiger partial charge in [0, 0.05) is 12.1 Å². The predicted octanol–water partition coefficient (Wildman–Crippen LogP) is 0.292. The highest BCUT2D eigenvalue weighted by atomic mass is 16.5. The largest absolute Gasteiger partial charge is 0.417 e. The number of benzene rings is 1. The number of aromatic amines is 1. The topological polar surface area (TPSA) is 84.3 Å². The highest BCUT2D eigenvalue weighted by Crippen LogP contribution is 2.14. The van der Waals surface area contributed by atoms with Crippen LogP contribution in [0.3, 0.4) is 0 Å². The summed E-state index contributed by atoms with van der Waals surface area (Å²) in [5.74, 6) is -0.563. The smallest absolute Gasteiger partial charge is 0.408 e. The van der Waals surface area contributed by atoms with Gasteiger partial charge in [-0.1, -0.05) is 0 Å². The number of hydrogen-bond acceptors (Lipinski definition) is 5. The third-order valence-corrected chi connectivity index (χ3v) is 2.94. The maximum atomic E-state index is 12.2. The molecule has 0 aliphatic carbocycles. The summed E-state index contributed by atoms with van der Waals surface area (Å²) in [6.07, 6.45) is 0. The molecule has 0 bridgehead atoms. The van der Waals surface area contributed by atoms with Crippen LogP contribution < -0.4 is 11.1 Å². The summed E-state index contributed by atoms with van der Waals surface area (Å²) in [4.78, 5) is 25.7. The molecule has 1 atom stereocenters. The molecule has 94 valence electrons. The zero-order chi connectivity index (χ0) is 12.5. The molecule has 1 unspecified atom stereocenters. The number of aromatic nitrogens is 1. The van der Waals surface area contributed by atoms with Crippen LogP contribution in [0.15, 0.2) is 27.4 Å². The number of morpholine rings is 1. The fourth-order valence-electron chi connectivity index (χ4n) is 2.04. The van der Waals surface area contributed by atoms with Crippen LogP contribution in [0.1, 0.15) is 10.4 Å². The third-order valence-electron chi connectivity index (χ3n) is 2.94. The fourth-order valence-corrected chi connectivity index (χ4v) is 2.04. The van der Waals surface area contributed by atoms with Gasteiger partial charge >= 0.3 is 5.76 Å². The van der Waals surface area contributed by atoms with Gasteiger partial charge in [0.05, 0.1) is 24.8 Å². The molecule has 0 saturated carbocycles. The van der Waals surface area contributed by atoms with Crippen LogP contribution in [0, 0.1) is 0 Å². The molecule has 1 aromatic carbocycles. The lowest BCUT2D eigenvalue weighted by atomic mass is 10.0. The molecule has 1 aromatic heterocycles. The summed E-state index contributed by atoms with van der Waals surface area (Å²) in [5.41, 5.74) is 1.51. The molecule has 1 aliphatic heterocycles. The van der Waals surface area contributed by atoms with E-state index in [9.17, 15) is 9.59 Å². The second kappa shape index (κ2) is 4.40.